The van der Waals surface area contributed by atoms with Crippen molar-refractivity contribution < 1.29 is 9.52 Å². The molecule has 0 amide bonds. The maximum absolute atomic E-state index is 9.04. The molecule has 0 saturated carbocycles. The minimum Gasteiger partial charge on any atom is -0.431 e. The summed E-state index contributed by atoms with van der Waals surface area (Å²) in [5, 5.41) is 9.04. The molecule has 0 aliphatic rings. The van der Waals surface area contributed by atoms with Crippen molar-refractivity contribution in [3.63, 3.8) is 0 Å². The average Bonchev–Trinajstić information content (AvgIpc) is 2.89. The van der Waals surface area contributed by atoms with Crippen molar-refractivity contribution >= 4 is 11.7 Å². The van der Waals surface area contributed by atoms with Gasteiger partial charge in [0.1, 0.15) is 12.0 Å². The number of hydrogen-bond acceptors (Lipinski definition) is 4. The van der Waals surface area contributed by atoms with Gasteiger partial charge in [-0.3, -0.25) is 4.90 Å². The number of nitrogens with zero attached hydrogens (tertiary/aromatic N) is 2. The van der Waals surface area contributed by atoms with E-state index in [2.05, 4.69) is 11.9 Å². The Morgan fingerprint density at radius 3 is 2.67 bits per heavy atom. The topological polar surface area (TPSA) is 49.5 Å². The Morgan fingerprint density at radius 1 is 1.28 bits per heavy atom. The van der Waals surface area contributed by atoms with E-state index in [0.717, 1.165) is 25.1 Å². The molecule has 18 heavy (non-hydrogen) atoms. The van der Waals surface area contributed by atoms with Gasteiger partial charge in [-0.25, -0.2) is 0 Å². The van der Waals surface area contributed by atoms with Crippen LogP contribution >= 0.6 is 0 Å². The molecule has 0 fully saturated rings. The molecule has 96 valence electrons. The molecule has 0 spiro atoms. The molecule has 0 atom stereocenters. The van der Waals surface area contributed by atoms with Crippen molar-refractivity contribution in [1.29, 1.82) is 0 Å². The maximum Gasteiger partial charge on any atom is 0.302 e. The lowest BCUT2D eigenvalue weighted by atomic mass is 10.2. The number of benzene rings is 1. The fourth-order valence-electron chi connectivity index (χ4n) is 1.75. The number of hydrogen-bond donors (Lipinski definition) is 1. The molecule has 1 aromatic carbocycles. The Kier molecular flexibility index (Phi) is 4.36. The van der Waals surface area contributed by atoms with Gasteiger partial charge < -0.3 is 9.52 Å². The van der Waals surface area contributed by atoms with E-state index >= 15 is 0 Å². The summed E-state index contributed by atoms with van der Waals surface area (Å²) in [7, 11) is 0. The zero-order valence-electron chi connectivity index (χ0n) is 10.5. The van der Waals surface area contributed by atoms with E-state index < -0.39 is 0 Å². The molecule has 0 aliphatic carbocycles. The van der Waals surface area contributed by atoms with E-state index in [-0.39, 0.29) is 6.61 Å². The van der Waals surface area contributed by atoms with Crippen LogP contribution in [0, 0.1) is 0 Å². The molecule has 4 heteroatoms. The molecule has 0 aliphatic heterocycles. The third-order valence-corrected chi connectivity index (χ3v) is 2.74. The molecule has 0 radical (unpaired) electrons. The highest BCUT2D eigenvalue weighted by Gasteiger charge is 2.14. The standard InChI is InChI=1S/C14H18N2O2/c1-2-3-9-16(13-7-5-4-6-8-13)14-15-12(10-17)11-18-14/h4-8,11,17H,2-3,9-10H2,1H3. The van der Waals surface area contributed by atoms with Gasteiger partial charge in [0.2, 0.25) is 0 Å². The van der Waals surface area contributed by atoms with E-state index in [9.17, 15) is 0 Å². The molecule has 4 nitrogen and oxygen atoms in total. The van der Waals surface area contributed by atoms with Gasteiger partial charge in [-0.05, 0) is 18.6 Å². The number of aliphatic hydroxyl groups excluding tert-OH is 1. The Morgan fingerprint density at radius 2 is 2.06 bits per heavy atom. The first-order chi connectivity index (χ1) is 8.85. The average molecular weight is 246 g/mol. The van der Waals surface area contributed by atoms with Gasteiger partial charge in [0, 0.05) is 12.2 Å². The van der Waals surface area contributed by atoms with Gasteiger partial charge in [0.05, 0.1) is 6.61 Å². The molecule has 1 aromatic heterocycles. The quantitative estimate of drug-likeness (QED) is 0.850. The number of anilines is 2. The number of para-hydroxylation sites is 1. The molecular weight excluding hydrogens is 228 g/mol. The first kappa shape index (κ1) is 12.6. The summed E-state index contributed by atoms with van der Waals surface area (Å²) in [4.78, 5) is 6.30. The predicted molar refractivity (Wildman–Crippen MR) is 70.8 cm³/mol. The fraction of sp³-hybridized carbons (Fsp3) is 0.357. The third kappa shape index (κ3) is 2.90. The lowest BCUT2D eigenvalue weighted by Crippen LogP contribution is -2.18. The van der Waals surface area contributed by atoms with Gasteiger partial charge in [-0.15, -0.1) is 0 Å². The van der Waals surface area contributed by atoms with Crippen molar-refractivity contribution in [2.45, 2.75) is 26.4 Å². The van der Waals surface area contributed by atoms with E-state index in [0.29, 0.717) is 11.7 Å². The summed E-state index contributed by atoms with van der Waals surface area (Å²) >= 11 is 0. The zero-order valence-corrected chi connectivity index (χ0v) is 10.5. The summed E-state index contributed by atoms with van der Waals surface area (Å²) < 4.78 is 5.42. The summed E-state index contributed by atoms with van der Waals surface area (Å²) in [6, 6.07) is 10.6. The summed E-state index contributed by atoms with van der Waals surface area (Å²) in [5.41, 5.74) is 1.61. The van der Waals surface area contributed by atoms with Gasteiger partial charge in [-0.2, -0.15) is 4.98 Å². The van der Waals surface area contributed by atoms with Crippen molar-refractivity contribution in [2.75, 3.05) is 11.4 Å². The SMILES string of the molecule is CCCCN(c1ccccc1)c1nc(CO)co1. The first-order valence-corrected chi connectivity index (χ1v) is 6.23. The Labute approximate surface area is 107 Å². The van der Waals surface area contributed by atoms with Crippen LogP contribution in [0.4, 0.5) is 11.7 Å². The van der Waals surface area contributed by atoms with Crippen molar-refractivity contribution in [2.24, 2.45) is 0 Å². The van der Waals surface area contributed by atoms with Crippen LogP contribution in [-0.4, -0.2) is 16.6 Å². The Bertz CT molecular complexity index is 468. The Hall–Kier alpha value is -1.81. The van der Waals surface area contributed by atoms with Crippen molar-refractivity contribution in [1.82, 2.24) is 4.98 Å². The van der Waals surface area contributed by atoms with Crippen LogP contribution in [0.25, 0.3) is 0 Å². The number of aliphatic hydroxyl groups is 1. The van der Waals surface area contributed by atoms with Gasteiger partial charge in [-0.1, -0.05) is 31.5 Å². The zero-order chi connectivity index (χ0) is 12.8. The van der Waals surface area contributed by atoms with Crippen LogP contribution in [0.3, 0.4) is 0 Å². The minimum atomic E-state index is -0.0973. The Balaban J connectivity index is 2.24. The molecule has 1 N–H and O–H groups in total. The lowest BCUT2D eigenvalue weighted by molar-refractivity contribution is 0.276. The highest BCUT2D eigenvalue weighted by molar-refractivity contribution is 5.55. The molecular formula is C14H18N2O2. The monoisotopic (exact) mass is 246 g/mol. The van der Waals surface area contributed by atoms with Crippen molar-refractivity contribution in [3.05, 3.63) is 42.3 Å². The van der Waals surface area contributed by atoms with Crippen LogP contribution in [-0.2, 0) is 6.61 Å². The summed E-state index contributed by atoms with van der Waals surface area (Å²) in [5.74, 6) is 0. The number of aromatic nitrogens is 1. The van der Waals surface area contributed by atoms with Gasteiger partial charge in [0.25, 0.3) is 0 Å². The van der Waals surface area contributed by atoms with Gasteiger partial charge in [0.15, 0.2) is 0 Å². The van der Waals surface area contributed by atoms with Crippen LogP contribution in [0.5, 0.6) is 0 Å². The number of oxazole rings is 1. The normalized spacial score (nSPS) is 10.6. The molecule has 2 rings (SSSR count). The second kappa shape index (κ2) is 6.21. The summed E-state index contributed by atoms with van der Waals surface area (Å²) in [6.45, 7) is 2.91. The highest BCUT2D eigenvalue weighted by atomic mass is 16.4. The second-order valence-corrected chi connectivity index (χ2v) is 4.12. The third-order valence-electron chi connectivity index (χ3n) is 2.74. The van der Waals surface area contributed by atoms with Crippen LogP contribution in [0.2, 0.25) is 0 Å². The molecule has 0 saturated heterocycles. The van der Waals surface area contributed by atoms with Crippen LogP contribution < -0.4 is 4.90 Å². The number of rotatable bonds is 6. The molecule has 2 aromatic rings. The maximum atomic E-state index is 9.04. The largest absolute Gasteiger partial charge is 0.431 e. The van der Waals surface area contributed by atoms with Crippen LogP contribution in [0.1, 0.15) is 25.5 Å². The molecule has 0 bridgehead atoms. The molecule has 1 heterocycles. The lowest BCUT2D eigenvalue weighted by Gasteiger charge is -2.20. The smallest absolute Gasteiger partial charge is 0.302 e. The van der Waals surface area contributed by atoms with Crippen LogP contribution in [0.15, 0.2) is 41.0 Å². The van der Waals surface area contributed by atoms with E-state index in [1.807, 2.05) is 35.2 Å². The van der Waals surface area contributed by atoms with E-state index in [4.69, 9.17) is 9.52 Å². The van der Waals surface area contributed by atoms with E-state index in [1.54, 1.807) is 0 Å². The van der Waals surface area contributed by atoms with E-state index in [1.165, 1.54) is 6.26 Å². The summed E-state index contributed by atoms with van der Waals surface area (Å²) in [6.07, 6.45) is 3.67. The fourth-order valence-corrected chi connectivity index (χ4v) is 1.75. The van der Waals surface area contributed by atoms with Crippen molar-refractivity contribution in [3.8, 4) is 0 Å². The molecule has 0 unspecified atom stereocenters. The first-order valence-electron chi connectivity index (χ1n) is 6.23. The highest BCUT2D eigenvalue weighted by Crippen LogP contribution is 2.24. The predicted octanol–water partition coefficient (Wildman–Crippen LogP) is 3.11. The van der Waals surface area contributed by atoms with Gasteiger partial charge >= 0.3 is 6.01 Å². The minimum absolute atomic E-state index is 0.0973. The number of unbranched alkanes of at least 4 members (excludes halogenated alkanes) is 1. The second-order valence-electron chi connectivity index (χ2n) is 4.12.